The Morgan fingerprint density at radius 2 is 1.59 bits per heavy atom. The molecule has 0 bridgehead atoms. The van der Waals surface area contributed by atoms with Crippen molar-refractivity contribution in [2.24, 2.45) is 0 Å². The highest BCUT2D eigenvalue weighted by Crippen LogP contribution is 2.20. The molecule has 2 aromatic carbocycles. The average Bonchev–Trinajstić information content (AvgIpc) is 2.66. The molecule has 1 aliphatic rings. The van der Waals surface area contributed by atoms with Gasteiger partial charge in [0, 0.05) is 30.0 Å². The summed E-state index contributed by atoms with van der Waals surface area (Å²) >= 11 is 0. The van der Waals surface area contributed by atoms with Crippen LogP contribution in [0.25, 0.3) is 0 Å². The van der Waals surface area contributed by atoms with Gasteiger partial charge in [-0.25, -0.2) is 0 Å². The van der Waals surface area contributed by atoms with Crippen LogP contribution < -0.4 is 10.6 Å². The lowest BCUT2D eigenvalue weighted by Gasteiger charge is -2.25. The molecule has 1 saturated heterocycles. The number of nitrogens with one attached hydrogen (secondary N) is 2. The van der Waals surface area contributed by atoms with Crippen LogP contribution in [-0.4, -0.2) is 49.6 Å². The summed E-state index contributed by atoms with van der Waals surface area (Å²) in [6.45, 7) is 7.15. The van der Waals surface area contributed by atoms with Crippen LogP contribution in [0.15, 0.2) is 42.5 Å². The topological polar surface area (TPSA) is 70.7 Å². The number of morpholine rings is 1. The van der Waals surface area contributed by atoms with Crippen molar-refractivity contribution in [3.05, 3.63) is 59.2 Å². The molecule has 0 saturated carbocycles. The number of hydrogen-bond acceptors (Lipinski definition) is 4. The van der Waals surface area contributed by atoms with Crippen molar-refractivity contribution in [1.29, 1.82) is 0 Å². The number of anilines is 2. The lowest BCUT2D eigenvalue weighted by molar-refractivity contribution is -0.118. The molecule has 1 aliphatic heterocycles. The Balaban J connectivity index is 1.57. The van der Waals surface area contributed by atoms with Gasteiger partial charge in [-0.3, -0.25) is 14.5 Å². The monoisotopic (exact) mass is 367 g/mol. The van der Waals surface area contributed by atoms with Crippen LogP contribution in [-0.2, 0) is 9.53 Å². The van der Waals surface area contributed by atoms with Crippen molar-refractivity contribution in [2.45, 2.75) is 13.8 Å². The third kappa shape index (κ3) is 5.15. The Morgan fingerprint density at radius 1 is 0.963 bits per heavy atom. The molecule has 2 aromatic rings. The zero-order chi connectivity index (χ0) is 19.2. The van der Waals surface area contributed by atoms with Gasteiger partial charge in [-0.05, 0) is 49.2 Å². The first-order valence-corrected chi connectivity index (χ1v) is 9.10. The summed E-state index contributed by atoms with van der Waals surface area (Å²) in [6, 6.07) is 12.8. The van der Waals surface area contributed by atoms with Crippen LogP contribution in [0.1, 0.15) is 21.5 Å². The van der Waals surface area contributed by atoms with Crippen LogP contribution in [0.5, 0.6) is 0 Å². The molecule has 0 aromatic heterocycles. The summed E-state index contributed by atoms with van der Waals surface area (Å²) < 4.78 is 5.28. The molecule has 2 amide bonds. The van der Waals surface area contributed by atoms with E-state index in [1.165, 1.54) is 0 Å². The number of hydrogen-bond donors (Lipinski definition) is 2. The normalized spacial score (nSPS) is 14.6. The maximum Gasteiger partial charge on any atom is 0.255 e. The fourth-order valence-electron chi connectivity index (χ4n) is 3.07. The third-order valence-corrected chi connectivity index (χ3v) is 4.62. The lowest BCUT2D eigenvalue weighted by atomic mass is 10.1. The highest BCUT2D eigenvalue weighted by atomic mass is 16.5. The van der Waals surface area contributed by atoms with Crippen molar-refractivity contribution < 1.29 is 14.3 Å². The van der Waals surface area contributed by atoms with Gasteiger partial charge < -0.3 is 15.4 Å². The summed E-state index contributed by atoms with van der Waals surface area (Å²) in [5.41, 5.74) is 4.11. The molecule has 27 heavy (non-hydrogen) atoms. The van der Waals surface area contributed by atoms with Crippen molar-refractivity contribution in [3.63, 3.8) is 0 Å². The standard InChI is InChI=1S/C21H25N3O3/c1-15-4-3-5-16(2)20(15)23-21(26)17-6-8-18(9-7-17)22-19(25)14-24-10-12-27-13-11-24/h3-9H,10-14H2,1-2H3,(H,22,25)(H,23,26). The molecule has 3 rings (SSSR count). The number of benzene rings is 2. The summed E-state index contributed by atoms with van der Waals surface area (Å²) in [7, 11) is 0. The van der Waals surface area contributed by atoms with E-state index in [1.54, 1.807) is 24.3 Å². The molecule has 142 valence electrons. The van der Waals surface area contributed by atoms with Crippen LogP contribution in [0, 0.1) is 13.8 Å². The van der Waals surface area contributed by atoms with E-state index < -0.39 is 0 Å². The van der Waals surface area contributed by atoms with Crippen molar-refractivity contribution in [3.8, 4) is 0 Å². The molecule has 0 aliphatic carbocycles. The largest absolute Gasteiger partial charge is 0.379 e. The van der Waals surface area contributed by atoms with Crippen LogP contribution in [0.4, 0.5) is 11.4 Å². The summed E-state index contributed by atoms with van der Waals surface area (Å²) in [5, 5.41) is 5.83. The first kappa shape index (κ1) is 19.1. The smallest absolute Gasteiger partial charge is 0.255 e. The van der Waals surface area contributed by atoms with Gasteiger partial charge in [0.25, 0.3) is 5.91 Å². The lowest BCUT2D eigenvalue weighted by Crippen LogP contribution is -2.41. The van der Waals surface area contributed by atoms with Gasteiger partial charge >= 0.3 is 0 Å². The molecule has 0 atom stereocenters. The van der Waals surface area contributed by atoms with E-state index in [2.05, 4.69) is 15.5 Å². The van der Waals surface area contributed by atoms with E-state index >= 15 is 0 Å². The third-order valence-electron chi connectivity index (χ3n) is 4.62. The van der Waals surface area contributed by atoms with Gasteiger partial charge in [0.1, 0.15) is 0 Å². The Labute approximate surface area is 159 Å². The Morgan fingerprint density at radius 3 is 2.22 bits per heavy atom. The number of carbonyl (C=O) groups is 2. The number of para-hydroxylation sites is 1. The Hall–Kier alpha value is -2.70. The quantitative estimate of drug-likeness (QED) is 0.853. The van der Waals surface area contributed by atoms with Gasteiger partial charge in [0.05, 0.1) is 19.8 Å². The number of ether oxygens (including phenoxy) is 1. The molecule has 0 unspecified atom stereocenters. The minimum atomic E-state index is -0.168. The van der Waals surface area contributed by atoms with Gasteiger partial charge in [-0.15, -0.1) is 0 Å². The average molecular weight is 367 g/mol. The molecule has 1 heterocycles. The number of carbonyl (C=O) groups excluding carboxylic acids is 2. The molecule has 1 fully saturated rings. The molecule has 6 nitrogen and oxygen atoms in total. The second-order valence-corrected chi connectivity index (χ2v) is 6.73. The van der Waals surface area contributed by atoms with Gasteiger partial charge in [-0.2, -0.15) is 0 Å². The fraction of sp³-hybridized carbons (Fsp3) is 0.333. The maximum atomic E-state index is 12.5. The van der Waals surface area contributed by atoms with Crippen molar-refractivity contribution >= 4 is 23.2 Å². The van der Waals surface area contributed by atoms with Gasteiger partial charge in [0.2, 0.25) is 5.91 Å². The maximum absolute atomic E-state index is 12.5. The Kier molecular flexibility index (Phi) is 6.21. The molecular formula is C21H25N3O3. The minimum absolute atomic E-state index is 0.0652. The molecule has 6 heteroatoms. The number of amides is 2. The zero-order valence-electron chi connectivity index (χ0n) is 15.7. The summed E-state index contributed by atoms with van der Waals surface area (Å²) in [5.74, 6) is -0.233. The summed E-state index contributed by atoms with van der Waals surface area (Å²) in [6.07, 6.45) is 0. The SMILES string of the molecule is Cc1cccc(C)c1NC(=O)c1ccc(NC(=O)CN2CCOCC2)cc1. The van der Waals surface area contributed by atoms with Crippen molar-refractivity contribution in [1.82, 2.24) is 4.90 Å². The van der Waals surface area contributed by atoms with E-state index in [1.807, 2.05) is 32.0 Å². The molecule has 0 radical (unpaired) electrons. The fourth-order valence-corrected chi connectivity index (χ4v) is 3.07. The van der Waals surface area contributed by atoms with E-state index in [4.69, 9.17) is 4.74 Å². The number of rotatable bonds is 5. The minimum Gasteiger partial charge on any atom is -0.379 e. The van der Waals surface area contributed by atoms with E-state index in [0.29, 0.717) is 31.0 Å². The molecular weight excluding hydrogens is 342 g/mol. The highest BCUT2D eigenvalue weighted by Gasteiger charge is 2.14. The van der Waals surface area contributed by atoms with E-state index in [0.717, 1.165) is 29.9 Å². The van der Waals surface area contributed by atoms with E-state index in [-0.39, 0.29) is 11.8 Å². The van der Waals surface area contributed by atoms with Crippen LogP contribution >= 0.6 is 0 Å². The summed E-state index contributed by atoms with van der Waals surface area (Å²) in [4.78, 5) is 26.7. The van der Waals surface area contributed by atoms with E-state index in [9.17, 15) is 9.59 Å². The second kappa shape index (κ2) is 8.79. The predicted octanol–water partition coefficient (Wildman–Crippen LogP) is 2.83. The zero-order valence-corrected chi connectivity index (χ0v) is 15.7. The predicted molar refractivity (Wildman–Crippen MR) is 106 cm³/mol. The first-order chi connectivity index (χ1) is 13.0. The number of aryl methyl sites for hydroxylation is 2. The van der Waals surface area contributed by atoms with Crippen LogP contribution in [0.2, 0.25) is 0 Å². The van der Waals surface area contributed by atoms with Gasteiger partial charge in [0.15, 0.2) is 0 Å². The van der Waals surface area contributed by atoms with Crippen LogP contribution in [0.3, 0.4) is 0 Å². The Bertz CT molecular complexity index is 792. The second-order valence-electron chi connectivity index (χ2n) is 6.73. The number of nitrogens with zero attached hydrogens (tertiary/aromatic N) is 1. The molecule has 2 N–H and O–H groups in total. The van der Waals surface area contributed by atoms with Gasteiger partial charge in [-0.1, -0.05) is 18.2 Å². The molecule has 0 spiro atoms. The first-order valence-electron chi connectivity index (χ1n) is 9.10. The highest BCUT2D eigenvalue weighted by molar-refractivity contribution is 6.05. The van der Waals surface area contributed by atoms with Crippen molar-refractivity contribution in [2.75, 3.05) is 43.5 Å².